The molecule has 0 saturated carbocycles. The third kappa shape index (κ3) is 3.89. The topological polar surface area (TPSA) is 86.2 Å². The van der Waals surface area contributed by atoms with Crippen LogP contribution in [0.15, 0.2) is 23.3 Å². The van der Waals surface area contributed by atoms with Gasteiger partial charge in [0.15, 0.2) is 0 Å². The van der Waals surface area contributed by atoms with Gasteiger partial charge in [0.2, 0.25) is 11.8 Å². The molecule has 0 rings (SSSR count). The molecule has 0 aromatic heterocycles. The van der Waals surface area contributed by atoms with Crippen LogP contribution in [0, 0.1) is 0 Å². The smallest absolute Gasteiger partial charge is 0.244 e. The quantitative estimate of drug-likeness (QED) is 0.632. The van der Waals surface area contributed by atoms with E-state index >= 15 is 0 Å². The Morgan fingerprint density at radius 3 is 1.86 bits per heavy atom. The van der Waals surface area contributed by atoms with Gasteiger partial charge in [0.1, 0.15) is 0 Å². The summed E-state index contributed by atoms with van der Waals surface area (Å²) in [7, 11) is 0. The standard InChI is InChI=1S/C10H16N2O2/c1-6(2)8(10(12)14)5-4-7(3)9(11)13/h3-5H2,1-2H3,(H2,11,13)(H2,12,14). The number of primary amides is 2. The molecule has 0 aliphatic heterocycles. The van der Waals surface area contributed by atoms with Crippen molar-refractivity contribution in [3.63, 3.8) is 0 Å². The van der Waals surface area contributed by atoms with Crippen molar-refractivity contribution in [2.24, 2.45) is 11.5 Å². The summed E-state index contributed by atoms with van der Waals surface area (Å²) >= 11 is 0. The molecule has 4 N–H and O–H groups in total. The zero-order valence-electron chi connectivity index (χ0n) is 8.59. The Morgan fingerprint density at radius 1 is 1.07 bits per heavy atom. The fourth-order valence-electron chi connectivity index (χ4n) is 1.02. The first-order chi connectivity index (χ1) is 6.36. The molecule has 0 saturated heterocycles. The van der Waals surface area contributed by atoms with Crippen LogP contribution in [0.5, 0.6) is 0 Å². The Labute approximate surface area is 83.6 Å². The average molecular weight is 196 g/mol. The molecule has 0 heterocycles. The van der Waals surface area contributed by atoms with Crippen LogP contribution in [-0.4, -0.2) is 11.8 Å². The number of hydrogen-bond acceptors (Lipinski definition) is 2. The maximum atomic E-state index is 10.9. The molecule has 4 nitrogen and oxygen atoms in total. The second-order valence-electron chi connectivity index (χ2n) is 3.31. The third-order valence-electron chi connectivity index (χ3n) is 1.93. The molecule has 0 aliphatic rings. The van der Waals surface area contributed by atoms with Crippen molar-refractivity contribution in [1.29, 1.82) is 0 Å². The van der Waals surface area contributed by atoms with Crippen LogP contribution in [0.1, 0.15) is 26.7 Å². The first-order valence-corrected chi connectivity index (χ1v) is 4.30. The van der Waals surface area contributed by atoms with Crippen LogP contribution in [0.2, 0.25) is 0 Å². The van der Waals surface area contributed by atoms with Crippen molar-refractivity contribution < 1.29 is 9.59 Å². The van der Waals surface area contributed by atoms with Gasteiger partial charge < -0.3 is 11.5 Å². The maximum absolute atomic E-state index is 10.9. The van der Waals surface area contributed by atoms with Gasteiger partial charge in [-0.3, -0.25) is 9.59 Å². The number of carbonyl (C=O) groups is 2. The molecule has 78 valence electrons. The monoisotopic (exact) mass is 196 g/mol. The predicted octanol–water partition coefficient (Wildman–Crippen LogP) is 0.630. The second kappa shape index (κ2) is 5.21. The van der Waals surface area contributed by atoms with Gasteiger partial charge in [0.05, 0.1) is 0 Å². The lowest BCUT2D eigenvalue weighted by Crippen LogP contribution is -2.17. The van der Waals surface area contributed by atoms with E-state index in [9.17, 15) is 9.59 Å². The highest BCUT2D eigenvalue weighted by Crippen LogP contribution is 2.13. The van der Waals surface area contributed by atoms with Gasteiger partial charge in [-0.15, -0.1) is 0 Å². The van der Waals surface area contributed by atoms with Crippen LogP contribution < -0.4 is 11.5 Å². The highest BCUT2D eigenvalue weighted by atomic mass is 16.1. The fourth-order valence-corrected chi connectivity index (χ4v) is 1.02. The van der Waals surface area contributed by atoms with E-state index in [0.717, 1.165) is 5.57 Å². The number of nitrogens with two attached hydrogens (primary N) is 2. The minimum atomic E-state index is -0.539. The van der Waals surface area contributed by atoms with Gasteiger partial charge >= 0.3 is 0 Å². The van der Waals surface area contributed by atoms with Crippen molar-refractivity contribution >= 4 is 11.8 Å². The molecule has 0 aliphatic carbocycles. The maximum Gasteiger partial charge on any atom is 0.244 e. The Morgan fingerprint density at radius 2 is 1.57 bits per heavy atom. The van der Waals surface area contributed by atoms with Crippen LogP contribution in [0.25, 0.3) is 0 Å². The normalized spacial score (nSPS) is 9.29. The Kier molecular flexibility index (Phi) is 4.63. The van der Waals surface area contributed by atoms with E-state index in [4.69, 9.17) is 11.5 Å². The number of amides is 2. The van der Waals surface area contributed by atoms with Gasteiger partial charge in [-0.2, -0.15) is 0 Å². The number of carbonyl (C=O) groups excluding carboxylic acids is 2. The summed E-state index contributed by atoms with van der Waals surface area (Å²) in [4.78, 5) is 21.6. The Bertz CT molecular complexity index is 299. The largest absolute Gasteiger partial charge is 0.366 e. The van der Waals surface area contributed by atoms with E-state index in [2.05, 4.69) is 6.58 Å². The molecule has 2 amide bonds. The van der Waals surface area contributed by atoms with Crippen molar-refractivity contribution in [3.8, 4) is 0 Å². The molecule has 0 radical (unpaired) electrons. The van der Waals surface area contributed by atoms with E-state index in [-0.39, 0.29) is 0 Å². The van der Waals surface area contributed by atoms with Crippen molar-refractivity contribution in [2.75, 3.05) is 0 Å². The summed E-state index contributed by atoms with van der Waals surface area (Å²) in [5, 5.41) is 0. The highest BCUT2D eigenvalue weighted by molar-refractivity contribution is 5.94. The summed E-state index contributed by atoms with van der Waals surface area (Å²) in [5.41, 5.74) is 11.9. The first kappa shape index (κ1) is 12.4. The van der Waals surface area contributed by atoms with Gasteiger partial charge in [-0.25, -0.2) is 0 Å². The summed E-state index contributed by atoms with van der Waals surface area (Å²) in [6.45, 7) is 7.09. The molecule has 0 fully saturated rings. The minimum Gasteiger partial charge on any atom is -0.366 e. The van der Waals surface area contributed by atoms with Gasteiger partial charge in [-0.05, 0) is 26.7 Å². The minimum absolute atomic E-state index is 0.310. The zero-order chi connectivity index (χ0) is 11.3. The van der Waals surface area contributed by atoms with Crippen LogP contribution in [0.3, 0.4) is 0 Å². The third-order valence-corrected chi connectivity index (χ3v) is 1.93. The van der Waals surface area contributed by atoms with Crippen molar-refractivity contribution in [3.05, 3.63) is 23.3 Å². The van der Waals surface area contributed by atoms with E-state index in [1.165, 1.54) is 0 Å². The summed E-state index contributed by atoms with van der Waals surface area (Å²) in [5.74, 6) is -0.996. The first-order valence-electron chi connectivity index (χ1n) is 4.30. The molecular weight excluding hydrogens is 180 g/mol. The summed E-state index contributed by atoms with van der Waals surface area (Å²) < 4.78 is 0. The lowest BCUT2D eigenvalue weighted by molar-refractivity contribution is -0.116. The van der Waals surface area contributed by atoms with E-state index in [1.807, 2.05) is 0 Å². The molecule has 4 heteroatoms. The molecule has 0 bridgehead atoms. The number of hydrogen-bond donors (Lipinski definition) is 2. The van der Waals surface area contributed by atoms with Crippen molar-refractivity contribution in [2.45, 2.75) is 26.7 Å². The molecule has 0 spiro atoms. The molecule has 0 atom stereocenters. The molecule has 0 aromatic rings. The van der Waals surface area contributed by atoms with E-state index < -0.39 is 11.8 Å². The van der Waals surface area contributed by atoms with E-state index in [0.29, 0.717) is 24.0 Å². The molecule has 14 heavy (non-hydrogen) atoms. The van der Waals surface area contributed by atoms with Gasteiger partial charge in [-0.1, -0.05) is 12.2 Å². The molecular formula is C10H16N2O2. The highest BCUT2D eigenvalue weighted by Gasteiger charge is 2.09. The second-order valence-corrected chi connectivity index (χ2v) is 3.31. The zero-order valence-corrected chi connectivity index (χ0v) is 8.59. The van der Waals surface area contributed by atoms with Gasteiger partial charge in [0.25, 0.3) is 0 Å². The number of allylic oxidation sites excluding steroid dienone is 1. The molecule has 0 aromatic carbocycles. The summed E-state index contributed by atoms with van der Waals surface area (Å²) in [6, 6.07) is 0. The lowest BCUT2D eigenvalue weighted by Gasteiger charge is -2.05. The fraction of sp³-hybridized carbons (Fsp3) is 0.400. The Balaban J connectivity index is 4.38. The van der Waals surface area contributed by atoms with Gasteiger partial charge in [0, 0.05) is 11.1 Å². The molecule has 0 unspecified atom stereocenters. The van der Waals surface area contributed by atoms with Crippen LogP contribution >= 0.6 is 0 Å². The average Bonchev–Trinajstić information content (AvgIpc) is 2.02. The van der Waals surface area contributed by atoms with Crippen LogP contribution in [-0.2, 0) is 9.59 Å². The number of rotatable bonds is 5. The lowest BCUT2D eigenvalue weighted by atomic mass is 10.0. The van der Waals surface area contributed by atoms with E-state index in [1.54, 1.807) is 13.8 Å². The van der Waals surface area contributed by atoms with Crippen molar-refractivity contribution in [1.82, 2.24) is 0 Å². The predicted molar refractivity (Wildman–Crippen MR) is 55.1 cm³/mol. The van der Waals surface area contributed by atoms with Crippen LogP contribution in [0.4, 0.5) is 0 Å². The SMILES string of the molecule is C=C(CCC(C(N)=O)=C(C)C)C(N)=O. The Hall–Kier alpha value is -1.58. The summed E-state index contributed by atoms with van der Waals surface area (Å²) in [6.07, 6.45) is 0.790.